The minimum atomic E-state index is -2.61. The summed E-state index contributed by atoms with van der Waals surface area (Å²) >= 11 is 5.96. The van der Waals surface area contributed by atoms with Crippen molar-refractivity contribution in [3.05, 3.63) is 35.9 Å². The summed E-state index contributed by atoms with van der Waals surface area (Å²) < 4.78 is 22.7. The molecule has 0 radical (unpaired) electrons. The minimum absolute atomic E-state index is 0.117. The second kappa shape index (κ2) is 6.68. The van der Waals surface area contributed by atoms with Gasteiger partial charge < -0.3 is 5.32 Å². The van der Waals surface area contributed by atoms with Crippen molar-refractivity contribution in [2.45, 2.75) is 6.92 Å². The van der Waals surface area contributed by atoms with Crippen molar-refractivity contribution in [3.63, 3.8) is 0 Å². The molecule has 0 aromatic carbocycles. The predicted molar refractivity (Wildman–Crippen MR) is 79.3 cm³/mol. The number of halogens is 1. The molecule has 0 fully saturated rings. The topological polar surface area (TPSA) is 94.0 Å². The summed E-state index contributed by atoms with van der Waals surface area (Å²) in [5.41, 5.74) is 1.01. The second-order valence-electron chi connectivity index (χ2n) is 4.39. The Morgan fingerprint density at radius 2 is 2.29 bits per heavy atom. The largest absolute Gasteiger partial charge is 0.322 e. The number of thiol groups is 1. The van der Waals surface area contributed by atoms with E-state index in [1.165, 1.54) is 11.6 Å². The van der Waals surface area contributed by atoms with E-state index in [0.29, 0.717) is 11.4 Å². The smallest absolute Gasteiger partial charge is 0.228 e. The Morgan fingerprint density at radius 1 is 1.52 bits per heavy atom. The lowest BCUT2D eigenvalue weighted by molar-refractivity contribution is -0.118. The Balaban J connectivity index is 2.15. The maximum atomic E-state index is 11.9. The van der Waals surface area contributed by atoms with E-state index in [1.807, 2.05) is 0 Å². The van der Waals surface area contributed by atoms with Crippen LogP contribution in [0, 0.1) is 5.92 Å². The number of aromatic nitrogens is 3. The van der Waals surface area contributed by atoms with Gasteiger partial charge in [-0.1, -0.05) is 18.5 Å². The van der Waals surface area contributed by atoms with Crippen LogP contribution in [0.5, 0.6) is 0 Å². The fourth-order valence-corrected chi connectivity index (χ4v) is 2.41. The third kappa shape index (κ3) is 4.02. The Morgan fingerprint density at radius 3 is 2.90 bits per heavy atom. The zero-order valence-electron chi connectivity index (χ0n) is 11.1. The number of hydrogen-bond donors (Lipinski definition) is 2. The zero-order valence-corrected chi connectivity index (χ0v) is 12.7. The molecule has 1 unspecified atom stereocenters. The summed E-state index contributed by atoms with van der Waals surface area (Å²) in [7, 11) is -2.61. The van der Waals surface area contributed by atoms with Gasteiger partial charge in [0.25, 0.3) is 0 Å². The molecule has 2 aromatic heterocycles. The molecule has 7 nitrogen and oxygen atoms in total. The van der Waals surface area contributed by atoms with E-state index in [9.17, 15) is 13.2 Å². The maximum absolute atomic E-state index is 11.9. The average molecular weight is 329 g/mol. The molecule has 1 atom stereocenters. The Bertz CT molecular complexity index is 707. The molecule has 2 heterocycles. The monoisotopic (exact) mass is 328 g/mol. The van der Waals surface area contributed by atoms with Crippen LogP contribution in [0.25, 0.3) is 5.69 Å². The van der Waals surface area contributed by atoms with E-state index in [1.54, 1.807) is 30.7 Å². The lowest BCUT2D eigenvalue weighted by Crippen LogP contribution is -2.23. The summed E-state index contributed by atoms with van der Waals surface area (Å²) in [5.74, 6) is -1.30. The Hall–Kier alpha value is -1.93. The molecule has 9 heteroatoms. The average Bonchev–Trinajstić information content (AvgIpc) is 2.80. The van der Waals surface area contributed by atoms with Crippen LogP contribution in [0.15, 0.2) is 30.7 Å². The molecule has 2 rings (SSSR count). The van der Waals surface area contributed by atoms with Gasteiger partial charge in [0.05, 0.1) is 29.5 Å². The lowest BCUT2D eigenvalue weighted by atomic mass is 10.2. The standard InChI is InChI=1S/C12H13ClN4O3S/c1-8(7-21(19)20)12(18)15-10-6-17(16-11(10)13)9-3-2-4-14-5-9/h2-6,8,21H,7H2,1H3,(H,15,18). The van der Waals surface area contributed by atoms with Gasteiger partial charge >= 0.3 is 0 Å². The number of nitrogens with zero attached hydrogens (tertiary/aromatic N) is 3. The van der Waals surface area contributed by atoms with Gasteiger partial charge in [0.1, 0.15) is 10.7 Å². The second-order valence-corrected chi connectivity index (χ2v) is 5.78. The molecule has 1 N–H and O–H groups in total. The molecule has 0 saturated heterocycles. The number of carbonyl (C=O) groups excluding carboxylic acids is 1. The van der Waals surface area contributed by atoms with Gasteiger partial charge in [-0.3, -0.25) is 9.78 Å². The number of anilines is 1. The number of hydrogen-bond acceptors (Lipinski definition) is 5. The van der Waals surface area contributed by atoms with E-state index >= 15 is 0 Å². The van der Waals surface area contributed by atoms with Crippen molar-refractivity contribution < 1.29 is 13.2 Å². The molecule has 21 heavy (non-hydrogen) atoms. The predicted octanol–water partition coefficient (Wildman–Crippen LogP) is 1.11. The van der Waals surface area contributed by atoms with E-state index in [2.05, 4.69) is 15.4 Å². The summed E-state index contributed by atoms with van der Waals surface area (Å²) in [5, 5.41) is 6.74. The van der Waals surface area contributed by atoms with Gasteiger partial charge in [0.15, 0.2) is 5.15 Å². The maximum Gasteiger partial charge on any atom is 0.228 e. The normalized spacial score (nSPS) is 12.3. The Labute approximate surface area is 127 Å². The summed E-state index contributed by atoms with van der Waals surface area (Å²) in [6, 6.07) is 3.53. The van der Waals surface area contributed by atoms with Crippen LogP contribution in [0.1, 0.15) is 6.92 Å². The van der Waals surface area contributed by atoms with Crippen molar-refractivity contribution >= 4 is 33.9 Å². The quantitative estimate of drug-likeness (QED) is 0.802. The molecule has 2 aromatic rings. The third-order valence-electron chi connectivity index (χ3n) is 2.71. The van der Waals surface area contributed by atoms with Crippen LogP contribution < -0.4 is 5.32 Å². The number of rotatable bonds is 5. The SMILES string of the molecule is CC(C[SH](=O)=O)C(=O)Nc1cn(-c2cccnc2)nc1Cl. The first kappa shape index (κ1) is 15.5. The van der Waals surface area contributed by atoms with E-state index in [0.717, 1.165) is 0 Å². The van der Waals surface area contributed by atoms with Crippen molar-refractivity contribution in [1.29, 1.82) is 0 Å². The molecule has 0 spiro atoms. The van der Waals surface area contributed by atoms with Crippen molar-refractivity contribution in [1.82, 2.24) is 14.8 Å². The lowest BCUT2D eigenvalue weighted by Gasteiger charge is -2.07. The molecule has 0 aliphatic heterocycles. The highest BCUT2D eigenvalue weighted by molar-refractivity contribution is 7.72. The zero-order chi connectivity index (χ0) is 15.4. The summed E-state index contributed by atoms with van der Waals surface area (Å²) in [6.45, 7) is 1.53. The van der Waals surface area contributed by atoms with Gasteiger partial charge in [-0.05, 0) is 12.1 Å². The van der Waals surface area contributed by atoms with Crippen LogP contribution >= 0.6 is 11.6 Å². The molecular formula is C12H13ClN4O3S. The van der Waals surface area contributed by atoms with Gasteiger partial charge in [-0.2, -0.15) is 5.10 Å². The first-order valence-corrected chi connectivity index (χ1v) is 7.79. The number of carbonyl (C=O) groups is 1. The molecule has 0 bridgehead atoms. The number of pyridine rings is 1. The molecule has 0 saturated carbocycles. The van der Waals surface area contributed by atoms with E-state index in [4.69, 9.17) is 11.6 Å². The molecular weight excluding hydrogens is 316 g/mol. The minimum Gasteiger partial charge on any atom is -0.322 e. The van der Waals surface area contributed by atoms with Crippen LogP contribution in [0.3, 0.4) is 0 Å². The van der Waals surface area contributed by atoms with Crippen molar-refractivity contribution in [3.8, 4) is 5.69 Å². The van der Waals surface area contributed by atoms with Gasteiger partial charge in [-0.25, -0.2) is 13.1 Å². The summed E-state index contributed by atoms with van der Waals surface area (Å²) in [6.07, 6.45) is 4.77. The highest BCUT2D eigenvalue weighted by Gasteiger charge is 2.17. The molecule has 0 aliphatic carbocycles. The molecule has 112 valence electrons. The summed E-state index contributed by atoms with van der Waals surface area (Å²) in [4.78, 5) is 15.8. The number of amides is 1. The van der Waals surface area contributed by atoms with Gasteiger partial charge in [-0.15, -0.1) is 0 Å². The number of nitrogens with one attached hydrogen (secondary N) is 1. The van der Waals surface area contributed by atoms with Crippen molar-refractivity contribution in [2.24, 2.45) is 5.92 Å². The van der Waals surface area contributed by atoms with Gasteiger partial charge in [0.2, 0.25) is 5.91 Å². The van der Waals surface area contributed by atoms with Crippen molar-refractivity contribution in [2.75, 3.05) is 11.1 Å². The van der Waals surface area contributed by atoms with Crippen LogP contribution in [-0.2, 0) is 15.5 Å². The third-order valence-corrected chi connectivity index (χ3v) is 3.83. The van der Waals surface area contributed by atoms with Gasteiger partial charge in [0, 0.05) is 12.1 Å². The van der Waals surface area contributed by atoms with E-state index in [-0.39, 0.29) is 10.9 Å². The van der Waals surface area contributed by atoms with Crippen LogP contribution in [0.4, 0.5) is 5.69 Å². The van der Waals surface area contributed by atoms with E-state index < -0.39 is 22.5 Å². The first-order chi connectivity index (χ1) is 9.97. The Kier molecular flexibility index (Phi) is 4.92. The highest BCUT2D eigenvalue weighted by Crippen LogP contribution is 2.22. The highest BCUT2D eigenvalue weighted by atomic mass is 35.5. The molecule has 0 aliphatic rings. The van der Waals surface area contributed by atoms with Crippen LogP contribution in [-0.4, -0.2) is 34.8 Å². The molecule has 1 amide bonds. The first-order valence-electron chi connectivity index (χ1n) is 6.05. The fraction of sp³-hybridized carbons (Fsp3) is 0.250. The fourth-order valence-electron chi connectivity index (χ4n) is 1.62. The van der Waals surface area contributed by atoms with Crippen LogP contribution in [0.2, 0.25) is 5.15 Å².